The zero-order chi connectivity index (χ0) is 21.0. The van der Waals surface area contributed by atoms with Gasteiger partial charge in [0.1, 0.15) is 5.75 Å². The lowest BCUT2D eigenvalue weighted by molar-refractivity contribution is -0.0325. The van der Waals surface area contributed by atoms with Gasteiger partial charge in [-0.25, -0.2) is 0 Å². The van der Waals surface area contributed by atoms with Crippen LogP contribution in [0.4, 0.5) is 5.69 Å². The molecule has 2 fully saturated rings. The average Bonchev–Trinajstić information content (AvgIpc) is 2.98. The molecule has 2 aromatic carbocycles. The van der Waals surface area contributed by atoms with E-state index in [2.05, 4.69) is 56.3 Å². The van der Waals surface area contributed by atoms with Crippen molar-refractivity contribution in [2.24, 2.45) is 23.2 Å². The molecule has 3 nitrogen and oxygen atoms in total. The quantitative estimate of drug-likeness (QED) is 0.743. The van der Waals surface area contributed by atoms with Crippen molar-refractivity contribution in [2.45, 2.75) is 57.5 Å². The lowest BCUT2D eigenvalue weighted by atomic mass is 9.55. The van der Waals surface area contributed by atoms with E-state index in [-0.39, 0.29) is 11.5 Å². The lowest BCUT2D eigenvalue weighted by Crippen LogP contribution is -2.44. The first-order chi connectivity index (χ1) is 14.4. The largest absolute Gasteiger partial charge is 0.508 e. The van der Waals surface area contributed by atoms with Gasteiger partial charge in [-0.2, -0.15) is 0 Å². The van der Waals surface area contributed by atoms with Crippen LogP contribution in [0.1, 0.15) is 55.2 Å². The zero-order valence-corrected chi connectivity index (χ0v) is 18.5. The minimum atomic E-state index is -0.210. The van der Waals surface area contributed by atoms with E-state index in [1.54, 1.807) is 0 Å². The first-order valence-electron chi connectivity index (χ1n) is 11.6. The van der Waals surface area contributed by atoms with Gasteiger partial charge < -0.3 is 15.1 Å². The van der Waals surface area contributed by atoms with E-state index in [0.717, 1.165) is 32.1 Å². The third-order valence-corrected chi connectivity index (χ3v) is 8.78. The van der Waals surface area contributed by atoms with Gasteiger partial charge in [0.2, 0.25) is 0 Å². The highest BCUT2D eigenvalue weighted by Crippen LogP contribution is 2.62. The number of anilines is 1. The highest BCUT2D eigenvalue weighted by Gasteiger charge is 2.57. The SMILES string of the molecule is CN(C)c1ccc(CC2CC3C4CCc5cc(O)ccc5C4CC[C@]3(C)[C@H]2O)cc1. The van der Waals surface area contributed by atoms with Crippen LogP contribution in [-0.4, -0.2) is 30.4 Å². The molecule has 0 saturated heterocycles. The van der Waals surface area contributed by atoms with E-state index in [1.165, 1.54) is 28.8 Å². The van der Waals surface area contributed by atoms with Gasteiger partial charge in [-0.3, -0.25) is 0 Å². The summed E-state index contributed by atoms with van der Waals surface area (Å²) in [5, 5.41) is 21.3. The van der Waals surface area contributed by atoms with Crippen molar-refractivity contribution in [2.75, 3.05) is 19.0 Å². The van der Waals surface area contributed by atoms with Crippen LogP contribution >= 0.6 is 0 Å². The number of aliphatic hydroxyl groups is 1. The van der Waals surface area contributed by atoms with Crippen LogP contribution in [0, 0.1) is 23.2 Å². The topological polar surface area (TPSA) is 43.7 Å². The molecule has 4 unspecified atom stereocenters. The van der Waals surface area contributed by atoms with Gasteiger partial charge in [0.25, 0.3) is 0 Å². The molecule has 3 aliphatic rings. The molecule has 3 aliphatic carbocycles. The fourth-order valence-electron chi connectivity index (χ4n) is 7.15. The van der Waals surface area contributed by atoms with E-state index in [9.17, 15) is 10.2 Å². The second kappa shape index (κ2) is 7.30. The molecular weight excluding hydrogens is 370 g/mol. The highest BCUT2D eigenvalue weighted by atomic mass is 16.3. The summed E-state index contributed by atoms with van der Waals surface area (Å²) in [5.74, 6) is 2.60. The molecule has 160 valence electrons. The fourth-order valence-corrected chi connectivity index (χ4v) is 7.15. The number of aryl methyl sites for hydroxylation is 1. The first-order valence-corrected chi connectivity index (χ1v) is 11.6. The second-order valence-electron chi connectivity index (χ2n) is 10.5. The Morgan fingerprint density at radius 1 is 1.07 bits per heavy atom. The molecule has 3 heteroatoms. The number of aliphatic hydroxyl groups excluding tert-OH is 1. The molecule has 0 amide bonds. The first kappa shape index (κ1) is 19.9. The minimum absolute atomic E-state index is 0.0455. The zero-order valence-electron chi connectivity index (χ0n) is 18.5. The van der Waals surface area contributed by atoms with Crippen LogP contribution in [0.2, 0.25) is 0 Å². The van der Waals surface area contributed by atoms with Crippen molar-refractivity contribution in [1.82, 2.24) is 0 Å². The van der Waals surface area contributed by atoms with Crippen LogP contribution in [0.5, 0.6) is 5.75 Å². The molecule has 2 N–H and O–H groups in total. The van der Waals surface area contributed by atoms with Crippen LogP contribution < -0.4 is 4.90 Å². The van der Waals surface area contributed by atoms with Crippen LogP contribution in [0.15, 0.2) is 42.5 Å². The molecule has 5 rings (SSSR count). The summed E-state index contributed by atoms with van der Waals surface area (Å²) in [7, 11) is 4.14. The van der Waals surface area contributed by atoms with Crippen molar-refractivity contribution in [3.8, 4) is 5.75 Å². The monoisotopic (exact) mass is 405 g/mol. The molecule has 0 bridgehead atoms. The van der Waals surface area contributed by atoms with Crippen LogP contribution in [-0.2, 0) is 12.8 Å². The Kier molecular flexibility index (Phi) is 4.85. The smallest absolute Gasteiger partial charge is 0.115 e. The number of nitrogens with zero attached hydrogens (tertiary/aromatic N) is 1. The van der Waals surface area contributed by atoms with Crippen molar-refractivity contribution in [1.29, 1.82) is 0 Å². The minimum Gasteiger partial charge on any atom is -0.508 e. The Labute approximate surface area is 180 Å². The molecule has 0 heterocycles. The third-order valence-electron chi connectivity index (χ3n) is 8.78. The second-order valence-corrected chi connectivity index (χ2v) is 10.5. The number of fused-ring (bicyclic) bond motifs is 5. The molecular formula is C27H35NO2. The van der Waals surface area contributed by atoms with Gasteiger partial charge in [-0.1, -0.05) is 25.1 Å². The van der Waals surface area contributed by atoms with Crippen molar-refractivity contribution in [3.05, 3.63) is 59.2 Å². The number of benzene rings is 2. The maximum absolute atomic E-state index is 11.4. The Morgan fingerprint density at radius 3 is 2.57 bits per heavy atom. The Hall–Kier alpha value is -2.00. The molecule has 6 atom stereocenters. The number of aromatic hydroxyl groups is 1. The van der Waals surface area contributed by atoms with Crippen LogP contribution in [0.25, 0.3) is 0 Å². The van der Waals surface area contributed by atoms with Crippen molar-refractivity contribution in [3.63, 3.8) is 0 Å². The summed E-state index contributed by atoms with van der Waals surface area (Å²) in [6, 6.07) is 14.8. The maximum Gasteiger partial charge on any atom is 0.115 e. The van der Waals surface area contributed by atoms with Gasteiger partial charge in [0.15, 0.2) is 0 Å². The number of phenolic OH excluding ortho intramolecular Hbond substituents is 1. The molecule has 30 heavy (non-hydrogen) atoms. The predicted octanol–water partition coefficient (Wildman–Crippen LogP) is 5.14. The Balaban J connectivity index is 1.37. The maximum atomic E-state index is 11.4. The molecule has 0 radical (unpaired) electrons. The van der Waals surface area contributed by atoms with Gasteiger partial charge >= 0.3 is 0 Å². The number of hydrogen-bond acceptors (Lipinski definition) is 3. The van der Waals surface area contributed by atoms with Crippen molar-refractivity contribution >= 4 is 5.69 Å². The number of phenols is 1. The van der Waals surface area contributed by atoms with E-state index in [0.29, 0.717) is 29.4 Å². The van der Waals surface area contributed by atoms with Gasteiger partial charge in [-0.05, 0) is 109 Å². The molecule has 0 aliphatic heterocycles. The number of rotatable bonds is 3. The standard InChI is InChI=1S/C27H35NO2/c1-27-13-12-23-22-11-9-21(29)15-18(22)6-10-24(23)25(27)16-19(26(27)30)14-17-4-7-20(8-5-17)28(2)3/h4-5,7-9,11,15,19,23-26,29-30H,6,10,12-14,16H2,1-3H3/t19?,23?,24?,25?,26-,27-/m0/s1. The summed E-state index contributed by atoms with van der Waals surface area (Å²) in [6.07, 6.45) is 6.43. The van der Waals surface area contributed by atoms with E-state index in [4.69, 9.17) is 0 Å². The van der Waals surface area contributed by atoms with E-state index < -0.39 is 0 Å². The molecule has 0 spiro atoms. The van der Waals surface area contributed by atoms with Gasteiger partial charge in [0.05, 0.1) is 6.10 Å². The normalized spacial score (nSPS) is 34.7. The van der Waals surface area contributed by atoms with E-state index >= 15 is 0 Å². The highest BCUT2D eigenvalue weighted by molar-refractivity contribution is 5.46. The molecule has 2 saturated carbocycles. The summed E-state index contributed by atoms with van der Waals surface area (Å²) in [6.45, 7) is 2.36. The molecule has 0 aromatic heterocycles. The van der Waals surface area contributed by atoms with Gasteiger partial charge in [-0.15, -0.1) is 0 Å². The fraction of sp³-hybridized carbons (Fsp3) is 0.556. The number of hydrogen-bond donors (Lipinski definition) is 2. The summed E-state index contributed by atoms with van der Waals surface area (Å²) >= 11 is 0. The van der Waals surface area contributed by atoms with Crippen molar-refractivity contribution < 1.29 is 10.2 Å². The summed E-state index contributed by atoms with van der Waals surface area (Å²) in [5.41, 5.74) is 5.41. The predicted molar refractivity (Wildman–Crippen MR) is 122 cm³/mol. The summed E-state index contributed by atoms with van der Waals surface area (Å²) < 4.78 is 0. The average molecular weight is 406 g/mol. The van der Waals surface area contributed by atoms with Gasteiger partial charge in [0, 0.05) is 19.8 Å². The summed E-state index contributed by atoms with van der Waals surface area (Å²) in [4.78, 5) is 2.13. The Morgan fingerprint density at radius 2 is 1.83 bits per heavy atom. The Bertz CT molecular complexity index is 921. The van der Waals surface area contributed by atoms with Crippen LogP contribution in [0.3, 0.4) is 0 Å². The van der Waals surface area contributed by atoms with E-state index in [1.807, 2.05) is 12.1 Å². The third kappa shape index (κ3) is 3.13. The lowest BCUT2D eigenvalue weighted by Gasteiger charge is -2.50. The molecule has 2 aromatic rings.